The van der Waals surface area contributed by atoms with Crippen LogP contribution in [0.5, 0.6) is 0 Å². The lowest BCUT2D eigenvalue weighted by Crippen LogP contribution is -2.26. The molecule has 1 aliphatic heterocycles. The summed E-state index contributed by atoms with van der Waals surface area (Å²) in [4.78, 5) is 27.8. The summed E-state index contributed by atoms with van der Waals surface area (Å²) in [5.41, 5.74) is 0.0405. The molecule has 2 rings (SSSR count). The Hall–Kier alpha value is -2.28. The summed E-state index contributed by atoms with van der Waals surface area (Å²) < 4.78 is 10.3. The molecule has 0 spiro atoms. The Kier molecular flexibility index (Phi) is 5.66. The Morgan fingerprint density at radius 3 is 2.54 bits per heavy atom. The average molecular weight is 349 g/mol. The number of aliphatic hydroxyl groups excluding tert-OH is 1. The van der Waals surface area contributed by atoms with Crippen molar-refractivity contribution in [3.63, 3.8) is 0 Å². The minimum absolute atomic E-state index is 0.0772. The van der Waals surface area contributed by atoms with Crippen LogP contribution in [0.25, 0.3) is 0 Å². The number of nitrogens with zero attached hydrogens (tertiary/aromatic N) is 1. The van der Waals surface area contributed by atoms with Crippen LogP contribution in [0.15, 0.2) is 46.7 Å². The second-order valence-electron chi connectivity index (χ2n) is 6.07. The molecule has 0 atom stereocenters. The van der Waals surface area contributed by atoms with E-state index >= 15 is 0 Å². The van der Waals surface area contributed by atoms with Gasteiger partial charge in [-0.05, 0) is 26.3 Å². The second-order valence-corrected chi connectivity index (χ2v) is 7.03. The van der Waals surface area contributed by atoms with Gasteiger partial charge in [-0.25, -0.2) is 9.59 Å². The molecule has 0 saturated carbocycles. The minimum atomic E-state index is -0.822. The van der Waals surface area contributed by atoms with Gasteiger partial charge in [0.2, 0.25) is 0 Å². The lowest BCUT2D eigenvalue weighted by Gasteiger charge is -2.19. The largest absolute Gasteiger partial charge is 0.510 e. The zero-order chi connectivity index (χ0) is 17.7. The van der Waals surface area contributed by atoms with E-state index in [1.165, 1.54) is 0 Å². The molecule has 6 nitrogen and oxygen atoms in total. The van der Waals surface area contributed by atoms with Gasteiger partial charge in [-0.15, -0.1) is 0 Å². The number of aliphatic imine (C=N–C) groups is 1. The summed E-state index contributed by atoms with van der Waals surface area (Å²) in [5.74, 6) is -0.692. The molecule has 1 aromatic carbocycles. The topological polar surface area (TPSA) is 85.2 Å². The molecule has 0 unspecified atom stereocenters. The molecule has 0 aliphatic carbocycles. The van der Waals surface area contributed by atoms with Gasteiger partial charge in [-0.1, -0.05) is 42.1 Å². The highest BCUT2D eigenvalue weighted by Gasteiger charge is 2.32. The minimum Gasteiger partial charge on any atom is -0.510 e. The Balaban J connectivity index is 2.05. The van der Waals surface area contributed by atoms with E-state index < -0.39 is 17.7 Å². The number of rotatable bonds is 3. The molecule has 24 heavy (non-hydrogen) atoms. The van der Waals surface area contributed by atoms with E-state index in [4.69, 9.17) is 9.47 Å². The molecular formula is C17H19NO5S. The second kappa shape index (κ2) is 7.53. The zero-order valence-corrected chi connectivity index (χ0v) is 14.6. The first kappa shape index (κ1) is 18.1. The van der Waals surface area contributed by atoms with Crippen LogP contribution in [0.4, 0.5) is 4.79 Å². The van der Waals surface area contributed by atoms with Gasteiger partial charge in [-0.2, -0.15) is 4.99 Å². The molecule has 1 aliphatic rings. The molecule has 0 aromatic heterocycles. The smallest absolute Gasteiger partial charge is 0.435 e. The molecule has 0 bridgehead atoms. The summed E-state index contributed by atoms with van der Waals surface area (Å²) in [6.45, 7) is 5.24. The fourth-order valence-corrected chi connectivity index (χ4v) is 2.76. The van der Waals surface area contributed by atoms with Crippen LogP contribution in [0, 0.1) is 0 Å². The van der Waals surface area contributed by atoms with E-state index in [1.54, 1.807) is 20.8 Å². The van der Waals surface area contributed by atoms with Gasteiger partial charge < -0.3 is 14.6 Å². The Morgan fingerprint density at radius 2 is 1.92 bits per heavy atom. The fraction of sp³-hybridized carbons (Fsp3) is 0.353. The maximum Gasteiger partial charge on any atom is 0.435 e. The number of aliphatic hydroxyl groups is 1. The number of carbonyl (C=O) groups is 2. The predicted octanol–water partition coefficient (Wildman–Crippen LogP) is 3.62. The van der Waals surface area contributed by atoms with Crippen LogP contribution in [-0.2, 0) is 20.9 Å². The number of amides is 1. The normalized spacial score (nSPS) is 16.4. The van der Waals surface area contributed by atoms with Gasteiger partial charge in [0.25, 0.3) is 0 Å². The molecule has 1 aromatic rings. The maximum absolute atomic E-state index is 12.2. The summed E-state index contributed by atoms with van der Waals surface area (Å²) in [7, 11) is 0. The van der Waals surface area contributed by atoms with E-state index in [0.29, 0.717) is 0 Å². The van der Waals surface area contributed by atoms with E-state index in [2.05, 4.69) is 4.99 Å². The van der Waals surface area contributed by atoms with E-state index in [0.717, 1.165) is 17.3 Å². The number of hydrogen-bond donors (Lipinski definition) is 1. The Labute approximate surface area is 144 Å². The highest BCUT2D eigenvalue weighted by atomic mass is 32.2. The van der Waals surface area contributed by atoms with Gasteiger partial charge in [0.1, 0.15) is 28.6 Å². The third-order valence-electron chi connectivity index (χ3n) is 2.85. The number of ether oxygens (including phenoxy) is 2. The van der Waals surface area contributed by atoms with Gasteiger partial charge in [0.05, 0.1) is 5.75 Å². The van der Waals surface area contributed by atoms with E-state index in [1.807, 2.05) is 30.3 Å². The van der Waals surface area contributed by atoms with Crippen molar-refractivity contribution in [3.8, 4) is 0 Å². The fourth-order valence-electron chi connectivity index (χ4n) is 1.86. The van der Waals surface area contributed by atoms with Crippen molar-refractivity contribution < 1.29 is 24.2 Å². The molecule has 1 amide bonds. The lowest BCUT2D eigenvalue weighted by atomic mass is 10.2. The molecule has 0 radical (unpaired) electrons. The molecule has 0 fully saturated rings. The summed E-state index contributed by atoms with van der Waals surface area (Å²) in [5, 5.41) is 9.98. The van der Waals surface area contributed by atoms with Gasteiger partial charge in [0, 0.05) is 0 Å². The molecular weight excluding hydrogens is 330 g/mol. The van der Waals surface area contributed by atoms with Gasteiger partial charge in [0.15, 0.2) is 0 Å². The van der Waals surface area contributed by atoms with Crippen LogP contribution in [-0.4, -0.2) is 33.6 Å². The van der Waals surface area contributed by atoms with Crippen LogP contribution >= 0.6 is 11.8 Å². The standard InChI is InChI=1S/C17H19NO5S/c1-17(2,3)23-15(20)13-12(19)10-24-14(13)18-16(21)22-9-11-7-5-4-6-8-11/h4-8,19H,9-10H2,1-3H3/b18-14-. The van der Waals surface area contributed by atoms with Crippen molar-refractivity contribution in [1.82, 2.24) is 0 Å². The molecule has 128 valence electrons. The maximum atomic E-state index is 12.2. The number of carbonyl (C=O) groups excluding carboxylic acids is 2. The van der Waals surface area contributed by atoms with Crippen molar-refractivity contribution >= 4 is 28.9 Å². The first-order valence-corrected chi connectivity index (χ1v) is 8.33. The highest BCUT2D eigenvalue weighted by Crippen LogP contribution is 2.28. The molecule has 1 N–H and O–H groups in total. The van der Waals surface area contributed by atoms with Gasteiger partial charge in [-0.3, -0.25) is 0 Å². The van der Waals surface area contributed by atoms with Gasteiger partial charge >= 0.3 is 12.1 Å². The van der Waals surface area contributed by atoms with Crippen LogP contribution in [0.2, 0.25) is 0 Å². The molecule has 7 heteroatoms. The number of thioether (sulfide) groups is 1. The van der Waals surface area contributed by atoms with Crippen molar-refractivity contribution in [3.05, 3.63) is 47.2 Å². The zero-order valence-electron chi connectivity index (χ0n) is 13.7. The predicted molar refractivity (Wildman–Crippen MR) is 92.0 cm³/mol. The van der Waals surface area contributed by atoms with E-state index in [-0.39, 0.29) is 28.7 Å². The third kappa shape index (κ3) is 5.13. The van der Waals surface area contributed by atoms with Crippen molar-refractivity contribution in [2.24, 2.45) is 4.99 Å². The highest BCUT2D eigenvalue weighted by molar-refractivity contribution is 8.15. The quantitative estimate of drug-likeness (QED) is 0.839. The van der Waals surface area contributed by atoms with Crippen LogP contribution in [0.3, 0.4) is 0 Å². The third-order valence-corrected chi connectivity index (χ3v) is 3.84. The SMILES string of the molecule is CC(C)(C)OC(=O)C1=C(O)CS/C1=N\C(=O)OCc1ccccc1. The van der Waals surface area contributed by atoms with Crippen LogP contribution < -0.4 is 0 Å². The number of benzene rings is 1. The average Bonchev–Trinajstić information content (AvgIpc) is 2.85. The molecule has 0 saturated heterocycles. The molecule has 1 heterocycles. The Bertz CT molecular complexity index is 689. The van der Waals surface area contributed by atoms with Crippen molar-refractivity contribution in [2.75, 3.05) is 5.75 Å². The van der Waals surface area contributed by atoms with E-state index in [9.17, 15) is 14.7 Å². The Morgan fingerprint density at radius 1 is 1.25 bits per heavy atom. The first-order chi connectivity index (χ1) is 11.3. The first-order valence-electron chi connectivity index (χ1n) is 7.34. The van der Waals surface area contributed by atoms with Crippen molar-refractivity contribution in [1.29, 1.82) is 0 Å². The van der Waals surface area contributed by atoms with Crippen LogP contribution in [0.1, 0.15) is 26.3 Å². The summed E-state index contributed by atoms with van der Waals surface area (Å²) in [6.07, 6.45) is -0.822. The summed E-state index contributed by atoms with van der Waals surface area (Å²) in [6, 6.07) is 9.18. The number of hydrogen-bond acceptors (Lipinski definition) is 6. The number of esters is 1. The lowest BCUT2D eigenvalue weighted by molar-refractivity contribution is -0.149. The monoisotopic (exact) mass is 349 g/mol. The van der Waals surface area contributed by atoms with Crippen molar-refractivity contribution in [2.45, 2.75) is 33.0 Å². The summed E-state index contributed by atoms with van der Waals surface area (Å²) >= 11 is 1.09.